The van der Waals surface area contributed by atoms with Crippen molar-refractivity contribution in [3.8, 4) is 17.2 Å². The second-order valence-corrected chi connectivity index (χ2v) is 4.48. The molecule has 1 aromatic heterocycles. The van der Waals surface area contributed by atoms with E-state index in [4.69, 9.17) is 4.42 Å². The molecule has 0 N–H and O–H groups in total. The third-order valence-corrected chi connectivity index (χ3v) is 2.91. The van der Waals surface area contributed by atoms with Crippen molar-refractivity contribution in [2.45, 2.75) is 6.36 Å². The van der Waals surface area contributed by atoms with Gasteiger partial charge in [0.2, 0.25) is 5.89 Å². The molecular weight excluding hydrogens is 317 g/mol. The summed E-state index contributed by atoms with van der Waals surface area (Å²) >= 11 is 0. The second-order valence-electron chi connectivity index (χ2n) is 4.48. The number of nitrogens with zero attached hydrogens (tertiary/aromatic N) is 2. The zero-order valence-corrected chi connectivity index (χ0v) is 11.2. The fraction of sp³-hybridized carbons (Fsp3) is 0.0714. The molecule has 0 spiro atoms. The van der Waals surface area contributed by atoms with Gasteiger partial charge < -0.3 is 9.15 Å². The van der Waals surface area contributed by atoms with Crippen molar-refractivity contribution in [3.05, 3.63) is 52.6 Å². The van der Waals surface area contributed by atoms with E-state index in [2.05, 4.69) is 9.72 Å². The Morgan fingerprint density at radius 1 is 1.17 bits per heavy atom. The lowest BCUT2D eigenvalue weighted by molar-refractivity contribution is -0.383. The van der Waals surface area contributed by atoms with Crippen molar-refractivity contribution in [2.75, 3.05) is 0 Å². The number of oxazole rings is 1. The number of aromatic nitrogens is 1. The first-order valence-corrected chi connectivity index (χ1v) is 6.23. The van der Waals surface area contributed by atoms with Gasteiger partial charge >= 0.3 is 6.36 Å². The molecule has 0 aliphatic rings. The van der Waals surface area contributed by atoms with Crippen LogP contribution in [-0.4, -0.2) is 16.3 Å². The number of alkyl halides is 3. The van der Waals surface area contributed by atoms with Gasteiger partial charge in [-0.25, -0.2) is 4.98 Å². The summed E-state index contributed by atoms with van der Waals surface area (Å²) in [5.41, 5.74) is 0.142. The van der Waals surface area contributed by atoms with E-state index < -0.39 is 17.0 Å². The summed E-state index contributed by atoms with van der Waals surface area (Å²) in [5.74, 6) is -0.478. The average molecular weight is 324 g/mol. The smallest absolute Gasteiger partial charge is 0.436 e. The summed E-state index contributed by atoms with van der Waals surface area (Å²) in [5, 5.41) is 11.0. The van der Waals surface area contributed by atoms with Crippen LogP contribution in [0, 0.1) is 10.1 Å². The molecule has 0 amide bonds. The Bertz CT molecular complexity index is 889. The van der Waals surface area contributed by atoms with Crippen LogP contribution in [0.2, 0.25) is 0 Å². The Morgan fingerprint density at radius 2 is 1.91 bits per heavy atom. The zero-order chi connectivity index (χ0) is 16.6. The van der Waals surface area contributed by atoms with Gasteiger partial charge in [0.05, 0.1) is 4.92 Å². The third kappa shape index (κ3) is 3.07. The van der Waals surface area contributed by atoms with Crippen LogP contribution in [0.3, 0.4) is 0 Å². The molecule has 3 rings (SSSR count). The molecule has 0 saturated heterocycles. The van der Waals surface area contributed by atoms with Gasteiger partial charge in [0.15, 0.2) is 11.1 Å². The summed E-state index contributed by atoms with van der Waals surface area (Å²) < 4.78 is 45.9. The molecular formula is C14H7F3N2O4. The minimum Gasteiger partial charge on any atom is -0.436 e. The van der Waals surface area contributed by atoms with E-state index in [1.807, 2.05) is 0 Å². The molecule has 0 aliphatic heterocycles. The molecule has 6 nitrogen and oxygen atoms in total. The molecule has 23 heavy (non-hydrogen) atoms. The number of nitro groups is 1. The summed E-state index contributed by atoms with van der Waals surface area (Å²) in [6.07, 6.45) is -4.82. The van der Waals surface area contributed by atoms with Gasteiger partial charge in [-0.2, -0.15) is 0 Å². The number of fused-ring (bicyclic) bond motifs is 1. The minimum atomic E-state index is -4.82. The summed E-state index contributed by atoms with van der Waals surface area (Å²) in [4.78, 5) is 14.3. The first-order chi connectivity index (χ1) is 10.8. The van der Waals surface area contributed by atoms with E-state index >= 15 is 0 Å². The maximum Gasteiger partial charge on any atom is 0.573 e. The number of nitro benzene ring substituents is 1. The Kier molecular flexibility index (Phi) is 3.40. The Morgan fingerprint density at radius 3 is 2.61 bits per heavy atom. The molecule has 0 bridgehead atoms. The first kappa shape index (κ1) is 14.8. The molecule has 3 aromatic rings. The van der Waals surface area contributed by atoms with Crippen LogP contribution in [0.4, 0.5) is 18.9 Å². The van der Waals surface area contributed by atoms with Crippen molar-refractivity contribution in [1.29, 1.82) is 0 Å². The highest BCUT2D eigenvalue weighted by Crippen LogP contribution is 2.32. The monoisotopic (exact) mass is 324 g/mol. The first-order valence-electron chi connectivity index (χ1n) is 6.23. The lowest BCUT2D eigenvalue weighted by Gasteiger charge is -2.08. The molecule has 0 fully saturated rings. The van der Waals surface area contributed by atoms with E-state index in [0.29, 0.717) is 0 Å². The number of benzene rings is 2. The molecule has 0 aliphatic carbocycles. The quantitative estimate of drug-likeness (QED) is 0.530. The van der Waals surface area contributed by atoms with Gasteiger partial charge in [-0.1, -0.05) is 12.1 Å². The number of rotatable bonds is 3. The van der Waals surface area contributed by atoms with Crippen LogP contribution in [-0.2, 0) is 0 Å². The van der Waals surface area contributed by atoms with Crippen molar-refractivity contribution in [3.63, 3.8) is 0 Å². The fourth-order valence-electron chi connectivity index (χ4n) is 2.03. The zero-order valence-electron chi connectivity index (χ0n) is 11.2. The second kappa shape index (κ2) is 5.27. The number of para-hydroxylation sites is 1. The Labute approximate surface area is 126 Å². The van der Waals surface area contributed by atoms with Gasteiger partial charge in [-0.15, -0.1) is 13.2 Å². The largest absolute Gasteiger partial charge is 0.573 e. The molecule has 1 heterocycles. The number of ether oxygens (including phenoxy) is 1. The fourth-order valence-corrected chi connectivity index (χ4v) is 2.03. The van der Waals surface area contributed by atoms with Crippen LogP contribution >= 0.6 is 0 Å². The summed E-state index contributed by atoms with van der Waals surface area (Å²) in [7, 11) is 0. The third-order valence-electron chi connectivity index (χ3n) is 2.91. The van der Waals surface area contributed by atoms with Crippen molar-refractivity contribution in [1.82, 2.24) is 4.98 Å². The van der Waals surface area contributed by atoms with E-state index in [0.717, 1.165) is 12.1 Å². The van der Waals surface area contributed by atoms with E-state index in [-0.39, 0.29) is 28.2 Å². The van der Waals surface area contributed by atoms with Gasteiger partial charge in [0.25, 0.3) is 5.69 Å². The molecule has 9 heteroatoms. The molecule has 0 unspecified atom stereocenters. The highest BCUT2D eigenvalue weighted by Gasteiger charge is 2.31. The molecule has 0 atom stereocenters. The number of hydrogen-bond acceptors (Lipinski definition) is 5. The van der Waals surface area contributed by atoms with Gasteiger partial charge in [0, 0.05) is 11.6 Å². The minimum absolute atomic E-state index is 0.0228. The lowest BCUT2D eigenvalue weighted by Crippen LogP contribution is -2.17. The van der Waals surface area contributed by atoms with Gasteiger partial charge in [-0.05, 0) is 24.3 Å². The van der Waals surface area contributed by atoms with E-state index in [1.165, 1.54) is 30.3 Å². The van der Waals surface area contributed by atoms with E-state index in [1.54, 1.807) is 0 Å². The lowest BCUT2D eigenvalue weighted by atomic mass is 10.2. The highest BCUT2D eigenvalue weighted by atomic mass is 19.4. The van der Waals surface area contributed by atoms with Crippen LogP contribution in [0.5, 0.6) is 5.75 Å². The van der Waals surface area contributed by atoms with Crippen LogP contribution < -0.4 is 4.74 Å². The van der Waals surface area contributed by atoms with Crippen molar-refractivity contribution >= 4 is 16.8 Å². The summed E-state index contributed by atoms with van der Waals surface area (Å²) in [6, 6.07) is 9.18. The molecule has 2 aromatic carbocycles. The highest BCUT2D eigenvalue weighted by molar-refractivity contribution is 5.84. The molecule has 118 valence electrons. The standard InChI is InChI=1S/C14H7F3N2O4/c15-14(16,17)23-9-4-1-3-8(7-9)13-18-12-10(19(20)21)5-2-6-11(12)22-13/h1-7H. The van der Waals surface area contributed by atoms with Crippen molar-refractivity contribution in [2.24, 2.45) is 0 Å². The van der Waals surface area contributed by atoms with Crippen LogP contribution in [0.25, 0.3) is 22.6 Å². The maximum atomic E-state index is 12.2. The number of non-ortho nitro benzene ring substituents is 1. The molecule has 0 saturated carbocycles. The Hall–Kier alpha value is -3.10. The topological polar surface area (TPSA) is 78.4 Å². The normalized spacial score (nSPS) is 11.6. The average Bonchev–Trinajstić information content (AvgIpc) is 2.89. The Balaban J connectivity index is 2.05. The van der Waals surface area contributed by atoms with Crippen molar-refractivity contribution < 1.29 is 27.2 Å². The number of halogens is 3. The van der Waals surface area contributed by atoms with E-state index in [9.17, 15) is 23.3 Å². The van der Waals surface area contributed by atoms with Crippen LogP contribution in [0.1, 0.15) is 0 Å². The van der Waals surface area contributed by atoms with Gasteiger partial charge in [-0.3, -0.25) is 10.1 Å². The molecule has 0 radical (unpaired) electrons. The summed E-state index contributed by atoms with van der Waals surface area (Å²) in [6.45, 7) is 0. The van der Waals surface area contributed by atoms with Crippen LogP contribution in [0.15, 0.2) is 46.9 Å². The number of hydrogen-bond donors (Lipinski definition) is 0. The predicted octanol–water partition coefficient (Wildman–Crippen LogP) is 4.30. The SMILES string of the molecule is O=[N+]([O-])c1cccc2oc(-c3cccc(OC(F)(F)F)c3)nc12. The van der Waals surface area contributed by atoms with Gasteiger partial charge in [0.1, 0.15) is 5.75 Å². The predicted molar refractivity (Wildman–Crippen MR) is 72.8 cm³/mol. The maximum absolute atomic E-state index is 12.2.